The van der Waals surface area contributed by atoms with Gasteiger partial charge in [-0.25, -0.2) is 19.9 Å². The van der Waals surface area contributed by atoms with E-state index < -0.39 is 0 Å². The molecule has 0 saturated carbocycles. The van der Waals surface area contributed by atoms with E-state index in [4.69, 9.17) is 0 Å². The summed E-state index contributed by atoms with van der Waals surface area (Å²) in [5, 5.41) is 4.58. The fourth-order valence-corrected chi connectivity index (χ4v) is 17.1. The zero-order chi connectivity index (χ0) is 81.1. The van der Waals surface area contributed by atoms with Crippen molar-refractivity contribution in [3.8, 4) is 167 Å². The Morgan fingerprint density at radius 1 is 0.131 bits per heavy atom. The molecule has 0 unspecified atom stereocenters. The van der Waals surface area contributed by atoms with Crippen LogP contribution in [0.3, 0.4) is 0 Å². The smallest absolute Gasteiger partial charge is 0.115 e. The van der Waals surface area contributed by atoms with Crippen molar-refractivity contribution in [1.82, 2.24) is 49.0 Å². The summed E-state index contributed by atoms with van der Waals surface area (Å²) < 4.78 is 4.66. The lowest BCUT2D eigenvalue weighted by molar-refractivity contribution is 1.17. The first-order chi connectivity index (χ1) is 60.4. The van der Waals surface area contributed by atoms with Gasteiger partial charge in [-0.3, -0.25) is 19.9 Å². The summed E-state index contributed by atoms with van der Waals surface area (Å²) in [6.45, 7) is 0. The van der Waals surface area contributed by atoms with Crippen LogP contribution in [0.1, 0.15) is 0 Å². The molecule has 10 heteroatoms. The number of aromatic nitrogens is 10. The van der Waals surface area contributed by atoms with Crippen molar-refractivity contribution < 1.29 is 0 Å². The number of rotatable bonds is 16. The quantitative estimate of drug-likeness (QED) is 0.0940. The highest BCUT2D eigenvalue weighted by molar-refractivity contribution is 6.12. The van der Waals surface area contributed by atoms with Gasteiger partial charge in [0.1, 0.15) is 12.7 Å². The third-order valence-corrected chi connectivity index (χ3v) is 23.1. The van der Waals surface area contributed by atoms with Crippen molar-refractivity contribution in [2.45, 2.75) is 0 Å². The maximum absolute atomic E-state index is 4.57. The fraction of sp³-hybridized carbons (Fsp3) is 0. The molecule has 0 spiro atoms. The second-order valence-corrected chi connectivity index (χ2v) is 30.6. The van der Waals surface area contributed by atoms with Crippen molar-refractivity contribution >= 4 is 43.6 Å². The lowest BCUT2D eigenvalue weighted by Gasteiger charge is -2.14. The molecule has 10 nitrogen and oxygen atoms in total. The molecule has 0 aliphatic carbocycles. The van der Waals surface area contributed by atoms with Crippen LogP contribution in [0.4, 0.5) is 0 Å². The van der Waals surface area contributed by atoms with Gasteiger partial charge in [0.2, 0.25) is 0 Å². The van der Waals surface area contributed by atoms with E-state index in [9.17, 15) is 0 Å². The summed E-state index contributed by atoms with van der Waals surface area (Å²) in [4.78, 5) is 34.6. The van der Waals surface area contributed by atoms with Crippen LogP contribution in [-0.4, -0.2) is 49.0 Å². The molecule has 0 saturated heterocycles. The SMILES string of the molecule is c1ccc(-n2c3ccncc3c3cc(-c4cc(-c5cccc(-c6cccc(-c7ccncc7)c6)c5)cc(-c5cccc(-c6cccc(-c7ccncc7)c6)c5)c4)ccc32)cc1.c1ccc(-n2c3ccncc3c3cc(-c4cc(-c5cccc(-c6cccc(-c7cncnc7)c6)c5)cc(-c5cccc(-c6cccc(-c7cncnc7)c6)c5)c4)ccc32)cc1. The number of fused-ring (bicyclic) bond motifs is 6. The predicted octanol–water partition coefficient (Wildman–Crippen LogP) is 28.1. The summed E-state index contributed by atoms with van der Waals surface area (Å²) in [5.41, 5.74) is 38.5. The van der Waals surface area contributed by atoms with Gasteiger partial charge in [0, 0.05) is 118 Å². The standard InChI is InChI=1S/C57H38N4.C55H36N6/c1-2-16-53(17-3-1)61-56-19-18-49(37-54(56)55-38-60-29-24-57(55)61)52-35-50(47-14-6-12-45(32-47)43-10-4-8-41(30-43)39-20-25-58-26-21-39)34-51(36-52)48-15-7-13-46(33-48)44-11-5-9-42(31-44)40-22-27-59-28-23-40;1-2-16-51(17-3-1)61-54-19-18-45(29-52(54)53-34-56-21-20-55(53)61)48-27-46(41-12-4-8-37(22-41)39-10-6-14-43(24-39)49-30-57-35-58-31-49)26-47(28-48)42-13-5-9-38(23-42)40-11-7-15-44(25-40)50-32-59-36-60-33-50/h1-38H;1-36H. The van der Waals surface area contributed by atoms with Crippen molar-refractivity contribution in [3.63, 3.8) is 0 Å². The number of hydrogen-bond donors (Lipinski definition) is 0. The monoisotopic (exact) mass is 1560 g/mol. The molecule has 22 rings (SSSR count). The second kappa shape index (κ2) is 32.5. The van der Waals surface area contributed by atoms with Gasteiger partial charge >= 0.3 is 0 Å². The van der Waals surface area contributed by atoms with Crippen LogP contribution in [-0.2, 0) is 0 Å². The Labute approximate surface area is 706 Å². The lowest BCUT2D eigenvalue weighted by Crippen LogP contribution is -1.93. The van der Waals surface area contributed by atoms with Gasteiger partial charge in [-0.2, -0.15) is 0 Å². The summed E-state index contributed by atoms with van der Waals surface area (Å²) in [7, 11) is 0. The average molecular weight is 1560 g/mol. The average Bonchev–Trinajstić information content (AvgIpc) is 1.60. The Morgan fingerprint density at radius 3 is 0.631 bits per heavy atom. The van der Waals surface area contributed by atoms with Gasteiger partial charge in [0.25, 0.3) is 0 Å². The maximum Gasteiger partial charge on any atom is 0.115 e. The maximum atomic E-state index is 4.57. The number of hydrogen-bond acceptors (Lipinski definition) is 8. The van der Waals surface area contributed by atoms with E-state index in [1.807, 2.05) is 74.4 Å². The Morgan fingerprint density at radius 2 is 0.352 bits per heavy atom. The van der Waals surface area contributed by atoms with Crippen LogP contribution in [0.15, 0.2) is 451 Å². The van der Waals surface area contributed by atoms with E-state index in [0.29, 0.717) is 0 Å². The van der Waals surface area contributed by atoms with E-state index in [2.05, 4.69) is 413 Å². The molecule has 0 atom stereocenters. The second-order valence-electron chi connectivity index (χ2n) is 30.6. The molecule has 22 aromatic rings. The molecular formula is C112H74N10. The zero-order valence-corrected chi connectivity index (χ0v) is 66.2. The molecule has 8 aromatic heterocycles. The number of benzene rings is 14. The molecular weight excluding hydrogens is 1490 g/mol. The summed E-state index contributed by atoms with van der Waals surface area (Å²) in [5.74, 6) is 0. The fourth-order valence-electron chi connectivity index (χ4n) is 17.1. The minimum atomic E-state index is 0.987. The number of nitrogens with zero attached hydrogens (tertiary/aromatic N) is 10. The van der Waals surface area contributed by atoms with Gasteiger partial charge in [0.05, 0.1) is 22.1 Å². The van der Waals surface area contributed by atoms with Crippen LogP contribution in [0.5, 0.6) is 0 Å². The largest absolute Gasteiger partial charge is 0.309 e. The molecule has 572 valence electrons. The van der Waals surface area contributed by atoms with Crippen LogP contribution in [0.2, 0.25) is 0 Å². The molecule has 0 bridgehead atoms. The minimum Gasteiger partial charge on any atom is -0.309 e. The number of pyridine rings is 4. The normalized spacial score (nSPS) is 11.3. The highest BCUT2D eigenvalue weighted by atomic mass is 15.0. The van der Waals surface area contributed by atoms with E-state index in [1.165, 1.54) is 38.8 Å². The van der Waals surface area contributed by atoms with Crippen molar-refractivity contribution in [2.75, 3.05) is 0 Å². The van der Waals surface area contributed by atoms with Crippen LogP contribution < -0.4 is 0 Å². The Bertz CT molecular complexity index is 6880. The van der Waals surface area contributed by atoms with Crippen molar-refractivity contribution in [3.05, 3.63) is 451 Å². The predicted molar refractivity (Wildman–Crippen MR) is 500 cm³/mol. The first kappa shape index (κ1) is 73.1. The first-order valence-corrected chi connectivity index (χ1v) is 40.8. The summed E-state index contributed by atoms with van der Waals surface area (Å²) >= 11 is 0. The van der Waals surface area contributed by atoms with Crippen molar-refractivity contribution in [2.24, 2.45) is 0 Å². The van der Waals surface area contributed by atoms with E-state index in [0.717, 1.165) is 172 Å². The third kappa shape index (κ3) is 14.7. The van der Waals surface area contributed by atoms with E-state index in [-0.39, 0.29) is 0 Å². The topological polar surface area (TPSA) is 113 Å². The zero-order valence-electron chi connectivity index (χ0n) is 66.2. The summed E-state index contributed by atoms with van der Waals surface area (Å²) in [6, 6.07) is 131. The minimum absolute atomic E-state index is 0.987. The highest BCUT2D eigenvalue weighted by Gasteiger charge is 2.20. The molecule has 8 heterocycles. The van der Waals surface area contributed by atoms with Gasteiger partial charge in [-0.05, 0) is 315 Å². The van der Waals surface area contributed by atoms with Crippen LogP contribution >= 0.6 is 0 Å². The molecule has 0 radical (unpaired) electrons. The first-order valence-electron chi connectivity index (χ1n) is 40.8. The molecule has 14 aromatic carbocycles. The molecule has 0 N–H and O–H groups in total. The van der Waals surface area contributed by atoms with Gasteiger partial charge in [-0.15, -0.1) is 0 Å². The van der Waals surface area contributed by atoms with E-state index in [1.54, 1.807) is 12.7 Å². The third-order valence-electron chi connectivity index (χ3n) is 23.1. The van der Waals surface area contributed by atoms with Gasteiger partial charge in [0.15, 0.2) is 0 Å². The van der Waals surface area contributed by atoms with Crippen molar-refractivity contribution in [1.29, 1.82) is 0 Å². The van der Waals surface area contributed by atoms with Crippen LogP contribution in [0.25, 0.3) is 211 Å². The molecule has 122 heavy (non-hydrogen) atoms. The Balaban J connectivity index is 0.000000150. The van der Waals surface area contributed by atoms with Gasteiger partial charge < -0.3 is 9.13 Å². The summed E-state index contributed by atoms with van der Waals surface area (Å²) in [6.07, 6.45) is 25.7. The number of para-hydroxylation sites is 2. The highest BCUT2D eigenvalue weighted by Crippen LogP contribution is 2.44. The lowest BCUT2D eigenvalue weighted by atomic mass is 9.90. The Kier molecular flexibility index (Phi) is 19.5. The van der Waals surface area contributed by atoms with Gasteiger partial charge in [-0.1, -0.05) is 194 Å². The Hall–Kier alpha value is -16.6. The molecule has 0 aliphatic rings. The molecule has 0 aliphatic heterocycles. The molecule has 0 fully saturated rings. The molecule has 0 amide bonds. The van der Waals surface area contributed by atoms with Crippen LogP contribution in [0, 0.1) is 0 Å². The van der Waals surface area contributed by atoms with E-state index >= 15 is 0 Å².